The van der Waals surface area contributed by atoms with E-state index in [0.29, 0.717) is 34.4 Å². The first-order chi connectivity index (χ1) is 13.5. The molecule has 0 unspecified atom stereocenters. The van der Waals surface area contributed by atoms with Crippen molar-refractivity contribution < 1.29 is 14.3 Å². The van der Waals surface area contributed by atoms with Crippen LogP contribution in [-0.4, -0.2) is 53.9 Å². The Hall–Kier alpha value is -2.25. The van der Waals surface area contributed by atoms with Gasteiger partial charge in [0, 0.05) is 18.3 Å². The molecule has 7 nitrogen and oxygen atoms in total. The van der Waals surface area contributed by atoms with Crippen LogP contribution in [0.2, 0.25) is 5.02 Å². The highest BCUT2D eigenvalue weighted by molar-refractivity contribution is 6.32. The van der Waals surface area contributed by atoms with Crippen molar-refractivity contribution in [1.29, 1.82) is 0 Å². The Balaban J connectivity index is 2.05. The van der Waals surface area contributed by atoms with E-state index < -0.39 is 0 Å². The third kappa shape index (κ3) is 5.87. The summed E-state index contributed by atoms with van der Waals surface area (Å²) in [6.07, 6.45) is 4.30. The number of carbonyl (C=O) groups is 1. The molecule has 0 saturated heterocycles. The van der Waals surface area contributed by atoms with Gasteiger partial charge in [-0.15, -0.1) is 0 Å². The number of likely N-dealkylation sites (N-methyl/N-ethyl adjacent to an activating group) is 1. The Morgan fingerprint density at radius 1 is 1.29 bits per heavy atom. The average molecular weight is 409 g/mol. The summed E-state index contributed by atoms with van der Waals surface area (Å²) in [5.41, 5.74) is 1.02. The van der Waals surface area contributed by atoms with Crippen LogP contribution in [0.1, 0.15) is 37.6 Å². The number of methoxy groups -OCH3 is 1. The van der Waals surface area contributed by atoms with Crippen LogP contribution in [0.5, 0.6) is 11.5 Å². The molecule has 154 valence electrons. The number of rotatable bonds is 11. The van der Waals surface area contributed by atoms with Crippen LogP contribution in [-0.2, 0) is 6.54 Å². The molecule has 8 heteroatoms. The molecule has 1 amide bonds. The fourth-order valence-electron chi connectivity index (χ4n) is 2.73. The zero-order chi connectivity index (χ0) is 20.5. The molecule has 0 fully saturated rings. The van der Waals surface area contributed by atoms with Gasteiger partial charge >= 0.3 is 0 Å². The Bertz CT molecular complexity index is 775. The Morgan fingerprint density at radius 3 is 2.68 bits per heavy atom. The number of benzene rings is 1. The molecule has 0 aliphatic rings. The average Bonchev–Trinajstić information content (AvgIpc) is 3.14. The van der Waals surface area contributed by atoms with Crippen molar-refractivity contribution >= 4 is 23.2 Å². The molecule has 2 rings (SSSR count). The largest absolute Gasteiger partial charge is 0.493 e. The van der Waals surface area contributed by atoms with E-state index in [4.69, 9.17) is 21.1 Å². The van der Waals surface area contributed by atoms with Gasteiger partial charge in [0.2, 0.25) is 0 Å². The summed E-state index contributed by atoms with van der Waals surface area (Å²) in [5.74, 6) is 0.596. The molecule has 28 heavy (non-hydrogen) atoms. The first kappa shape index (κ1) is 22.0. The molecule has 1 heterocycles. The van der Waals surface area contributed by atoms with Gasteiger partial charge in [-0.05, 0) is 31.6 Å². The second-order valence-electron chi connectivity index (χ2n) is 6.31. The van der Waals surface area contributed by atoms with Crippen LogP contribution in [0.4, 0.5) is 5.69 Å². The number of ether oxygens (including phenoxy) is 2. The van der Waals surface area contributed by atoms with Gasteiger partial charge in [0.1, 0.15) is 0 Å². The molecule has 2 aromatic rings. The van der Waals surface area contributed by atoms with E-state index in [1.54, 1.807) is 18.3 Å². The van der Waals surface area contributed by atoms with Gasteiger partial charge < -0.3 is 19.7 Å². The first-order valence-corrected chi connectivity index (χ1v) is 9.96. The lowest BCUT2D eigenvalue weighted by atomic mass is 10.2. The number of nitrogens with one attached hydrogen (secondary N) is 1. The molecule has 1 aromatic heterocycles. The van der Waals surface area contributed by atoms with Gasteiger partial charge in [0.05, 0.1) is 37.2 Å². The third-order valence-corrected chi connectivity index (χ3v) is 4.65. The van der Waals surface area contributed by atoms with E-state index in [1.165, 1.54) is 7.11 Å². The molecule has 0 aliphatic carbocycles. The second kappa shape index (κ2) is 10.9. The molecule has 1 aromatic carbocycles. The summed E-state index contributed by atoms with van der Waals surface area (Å²) in [6, 6.07) is 3.20. The van der Waals surface area contributed by atoms with Crippen LogP contribution < -0.4 is 14.8 Å². The Morgan fingerprint density at radius 2 is 2.04 bits per heavy atom. The summed E-state index contributed by atoms with van der Waals surface area (Å²) >= 11 is 6.29. The van der Waals surface area contributed by atoms with Crippen molar-refractivity contribution in [2.75, 3.05) is 38.7 Å². The standard InChI is InChI=1S/C20H29ClN4O3/c1-5-10-28-19-17(21)11-15(12-18(19)27-4)20(26)23-16-13-22-25(14-16)9-8-24(6-2)7-3/h11-14H,5-10H2,1-4H3,(H,23,26). The second-order valence-corrected chi connectivity index (χ2v) is 6.72. The maximum Gasteiger partial charge on any atom is 0.255 e. The van der Waals surface area contributed by atoms with Crippen LogP contribution >= 0.6 is 11.6 Å². The number of amides is 1. The fraction of sp³-hybridized carbons (Fsp3) is 0.500. The minimum atomic E-state index is -0.287. The van der Waals surface area contributed by atoms with Crippen molar-refractivity contribution in [3.63, 3.8) is 0 Å². The zero-order valence-electron chi connectivity index (χ0n) is 17.0. The minimum Gasteiger partial charge on any atom is -0.493 e. The highest BCUT2D eigenvalue weighted by Gasteiger charge is 2.16. The van der Waals surface area contributed by atoms with Gasteiger partial charge in [-0.25, -0.2) is 0 Å². The van der Waals surface area contributed by atoms with E-state index in [1.807, 2.05) is 17.8 Å². The van der Waals surface area contributed by atoms with Crippen molar-refractivity contribution in [3.8, 4) is 11.5 Å². The van der Waals surface area contributed by atoms with Crippen LogP contribution in [0.15, 0.2) is 24.5 Å². The fourth-order valence-corrected chi connectivity index (χ4v) is 3.00. The van der Waals surface area contributed by atoms with E-state index >= 15 is 0 Å². The number of aromatic nitrogens is 2. The van der Waals surface area contributed by atoms with Gasteiger partial charge in [-0.3, -0.25) is 9.48 Å². The maximum absolute atomic E-state index is 12.6. The molecule has 0 atom stereocenters. The monoisotopic (exact) mass is 408 g/mol. The van der Waals surface area contributed by atoms with Crippen molar-refractivity contribution in [2.24, 2.45) is 0 Å². The molecule has 0 bridgehead atoms. The maximum atomic E-state index is 12.6. The summed E-state index contributed by atoms with van der Waals surface area (Å²) < 4.78 is 12.8. The predicted octanol–water partition coefficient (Wildman–Crippen LogP) is 3.93. The van der Waals surface area contributed by atoms with Crippen LogP contribution in [0.3, 0.4) is 0 Å². The lowest BCUT2D eigenvalue weighted by Gasteiger charge is -2.17. The normalized spacial score (nSPS) is 10.9. The number of nitrogens with zero attached hydrogens (tertiary/aromatic N) is 3. The molecule has 0 radical (unpaired) electrons. The lowest BCUT2D eigenvalue weighted by Crippen LogP contribution is -2.27. The summed E-state index contributed by atoms with van der Waals surface area (Å²) in [5, 5.41) is 7.49. The number of carbonyl (C=O) groups excluding carboxylic acids is 1. The van der Waals surface area contributed by atoms with Crippen LogP contribution in [0, 0.1) is 0 Å². The highest BCUT2D eigenvalue weighted by atomic mass is 35.5. The highest BCUT2D eigenvalue weighted by Crippen LogP contribution is 2.36. The van der Waals surface area contributed by atoms with E-state index in [9.17, 15) is 4.79 Å². The Kier molecular flexibility index (Phi) is 8.60. The summed E-state index contributed by atoms with van der Waals surface area (Å²) in [4.78, 5) is 14.9. The number of halogens is 1. The van der Waals surface area contributed by atoms with Crippen molar-refractivity contribution in [1.82, 2.24) is 14.7 Å². The number of anilines is 1. The topological polar surface area (TPSA) is 68.6 Å². The van der Waals surface area contributed by atoms with E-state index in [-0.39, 0.29) is 5.91 Å². The first-order valence-electron chi connectivity index (χ1n) is 9.58. The van der Waals surface area contributed by atoms with Gasteiger partial charge in [-0.1, -0.05) is 32.4 Å². The molecule has 1 N–H and O–H groups in total. The lowest BCUT2D eigenvalue weighted by molar-refractivity contribution is 0.102. The van der Waals surface area contributed by atoms with Gasteiger partial charge in [0.25, 0.3) is 5.91 Å². The molecular weight excluding hydrogens is 380 g/mol. The van der Waals surface area contributed by atoms with Gasteiger partial charge in [0.15, 0.2) is 11.5 Å². The smallest absolute Gasteiger partial charge is 0.255 e. The van der Waals surface area contributed by atoms with Gasteiger partial charge in [-0.2, -0.15) is 5.10 Å². The molecule has 0 spiro atoms. The quantitative estimate of drug-likeness (QED) is 0.610. The van der Waals surface area contributed by atoms with E-state index in [2.05, 4.69) is 29.2 Å². The number of hydrogen-bond donors (Lipinski definition) is 1. The minimum absolute atomic E-state index is 0.287. The summed E-state index contributed by atoms with van der Waals surface area (Å²) in [6.45, 7) is 10.5. The van der Waals surface area contributed by atoms with Crippen molar-refractivity contribution in [3.05, 3.63) is 35.1 Å². The molecular formula is C20H29ClN4O3. The molecule has 0 saturated carbocycles. The van der Waals surface area contributed by atoms with Crippen LogP contribution in [0.25, 0.3) is 0 Å². The summed E-state index contributed by atoms with van der Waals surface area (Å²) in [7, 11) is 1.52. The Labute approximate surface area is 171 Å². The van der Waals surface area contributed by atoms with E-state index in [0.717, 1.165) is 32.6 Å². The third-order valence-electron chi connectivity index (χ3n) is 4.37. The van der Waals surface area contributed by atoms with Crippen molar-refractivity contribution in [2.45, 2.75) is 33.7 Å². The molecule has 0 aliphatic heterocycles. The SMILES string of the molecule is CCCOc1c(Cl)cc(C(=O)Nc2cnn(CCN(CC)CC)c2)cc1OC. The zero-order valence-corrected chi connectivity index (χ0v) is 17.8. The predicted molar refractivity (Wildman–Crippen MR) is 112 cm³/mol. The number of hydrogen-bond acceptors (Lipinski definition) is 5.